The van der Waals surface area contributed by atoms with E-state index < -0.39 is 11.6 Å². The second-order valence-corrected chi connectivity index (χ2v) is 9.28. The zero-order valence-corrected chi connectivity index (χ0v) is 18.3. The molecule has 0 spiro atoms. The van der Waals surface area contributed by atoms with Gasteiger partial charge in [-0.3, -0.25) is 14.5 Å². The van der Waals surface area contributed by atoms with E-state index in [9.17, 15) is 13.6 Å². The molecule has 1 saturated heterocycles. The number of benzene rings is 1. The van der Waals surface area contributed by atoms with Crippen LogP contribution < -0.4 is 0 Å². The third-order valence-electron chi connectivity index (χ3n) is 6.89. The van der Waals surface area contributed by atoms with Crippen molar-refractivity contribution in [2.75, 3.05) is 13.7 Å². The summed E-state index contributed by atoms with van der Waals surface area (Å²) in [6.07, 6.45) is 7.74. The zero-order chi connectivity index (χ0) is 22.7. The summed E-state index contributed by atoms with van der Waals surface area (Å²) < 4.78 is 36.4. The van der Waals surface area contributed by atoms with Gasteiger partial charge < -0.3 is 9.64 Å². The molecule has 8 heteroatoms. The predicted molar refractivity (Wildman–Crippen MR) is 117 cm³/mol. The lowest BCUT2D eigenvalue weighted by atomic mass is 9.88. The van der Waals surface area contributed by atoms with Crippen molar-refractivity contribution in [1.82, 2.24) is 19.7 Å². The van der Waals surface area contributed by atoms with Crippen LogP contribution in [0.2, 0.25) is 0 Å². The molecule has 2 unspecified atom stereocenters. The minimum Gasteiger partial charge on any atom is -0.373 e. The van der Waals surface area contributed by atoms with Crippen molar-refractivity contribution in [2.24, 2.45) is 0 Å². The Labute approximate surface area is 190 Å². The summed E-state index contributed by atoms with van der Waals surface area (Å²) in [5.41, 5.74) is 3.55. The van der Waals surface area contributed by atoms with Gasteiger partial charge in [0.2, 0.25) is 0 Å². The van der Waals surface area contributed by atoms with Crippen molar-refractivity contribution in [3.63, 3.8) is 0 Å². The number of halogens is 2. The van der Waals surface area contributed by atoms with Gasteiger partial charge in [0, 0.05) is 55.2 Å². The van der Waals surface area contributed by atoms with Gasteiger partial charge in [-0.25, -0.2) is 8.78 Å². The molecule has 1 saturated carbocycles. The summed E-state index contributed by atoms with van der Waals surface area (Å²) in [4.78, 5) is 19.2. The van der Waals surface area contributed by atoms with Gasteiger partial charge in [0.05, 0.1) is 29.6 Å². The minimum atomic E-state index is -0.721. The van der Waals surface area contributed by atoms with Crippen molar-refractivity contribution in [3.05, 3.63) is 70.7 Å². The SMILES string of the molecule is CN1Cc2cc(C3CCOC(c4cnn(C5CC5)c4)C3)nc(-c3ccc(F)cc3F)c2C1=O. The summed E-state index contributed by atoms with van der Waals surface area (Å²) >= 11 is 0. The average molecular weight is 450 g/mol. The van der Waals surface area contributed by atoms with Crippen LogP contribution >= 0.6 is 0 Å². The van der Waals surface area contributed by atoms with E-state index in [1.165, 1.54) is 25.0 Å². The number of amides is 1. The van der Waals surface area contributed by atoms with E-state index in [2.05, 4.69) is 11.3 Å². The molecule has 2 fully saturated rings. The van der Waals surface area contributed by atoms with Crippen LogP contribution in [0.25, 0.3) is 11.3 Å². The maximum absolute atomic E-state index is 14.7. The highest BCUT2D eigenvalue weighted by atomic mass is 19.1. The second kappa shape index (κ2) is 7.73. The van der Waals surface area contributed by atoms with Crippen LogP contribution in [-0.4, -0.2) is 39.2 Å². The summed E-state index contributed by atoms with van der Waals surface area (Å²) in [7, 11) is 1.72. The normalized spacial score (nSPS) is 22.6. The maximum atomic E-state index is 14.7. The van der Waals surface area contributed by atoms with E-state index in [-0.39, 0.29) is 23.5 Å². The number of ether oxygens (including phenoxy) is 1. The number of rotatable bonds is 4. The molecule has 0 radical (unpaired) electrons. The molecule has 1 amide bonds. The molecule has 1 aliphatic carbocycles. The first-order chi connectivity index (χ1) is 16.0. The van der Waals surface area contributed by atoms with Crippen LogP contribution in [0, 0.1) is 11.6 Å². The number of carbonyl (C=O) groups is 1. The number of aromatic nitrogens is 3. The molecule has 4 heterocycles. The van der Waals surface area contributed by atoms with Gasteiger partial charge >= 0.3 is 0 Å². The fourth-order valence-electron chi connectivity index (χ4n) is 4.94. The van der Waals surface area contributed by atoms with Crippen LogP contribution in [0.5, 0.6) is 0 Å². The van der Waals surface area contributed by atoms with Gasteiger partial charge in [0.25, 0.3) is 5.91 Å². The van der Waals surface area contributed by atoms with Crippen molar-refractivity contribution in [3.8, 4) is 11.3 Å². The number of fused-ring (bicyclic) bond motifs is 1. The van der Waals surface area contributed by atoms with Crippen LogP contribution in [0.4, 0.5) is 8.78 Å². The molecule has 170 valence electrons. The first kappa shape index (κ1) is 20.5. The lowest BCUT2D eigenvalue weighted by Crippen LogP contribution is -2.20. The Morgan fingerprint density at radius 2 is 2.00 bits per heavy atom. The number of nitrogens with zero attached hydrogens (tertiary/aromatic N) is 4. The Hall–Kier alpha value is -3.13. The molecule has 2 aromatic heterocycles. The monoisotopic (exact) mass is 450 g/mol. The third kappa shape index (κ3) is 3.62. The van der Waals surface area contributed by atoms with Crippen molar-refractivity contribution in [1.29, 1.82) is 0 Å². The second-order valence-electron chi connectivity index (χ2n) is 9.28. The topological polar surface area (TPSA) is 60.2 Å². The molecule has 0 bridgehead atoms. The summed E-state index contributed by atoms with van der Waals surface area (Å²) in [6, 6.07) is 5.88. The predicted octanol–water partition coefficient (Wildman–Crippen LogP) is 4.78. The van der Waals surface area contributed by atoms with Crippen LogP contribution in [-0.2, 0) is 11.3 Å². The zero-order valence-electron chi connectivity index (χ0n) is 18.3. The van der Waals surface area contributed by atoms with Crippen LogP contribution in [0.3, 0.4) is 0 Å². The Kier molecular flexibility index (Phi) is 4.79. The van der Waals surface area contributed by atoms with Crippen molar-refractivity contribution >= 4 is 5.91 Å². The summed E-state index contributed by atoms with van der Waals surface area (Å²) in [5.74, 6) is -1.48. The largest absolute Gasteiger partial charge is 0.373 e. The van der Waals surface area contributed by atoms with E-state index in [1.807, 2.05) is 16.9 Å². The first-order valence-electron chi connectivity index (χ1n) is 11.4. The number of pyridine rings is 1. The first-order valence-corrected chi connectivity index (χ1v) is 11.4. The summed E-state index contributed by atoms with van der Waals surface area (Å²) in [5, 5.41) is 4.49. The number of hydrogen-bond acceptors (Lipinski definition) is 4. The Balaban J connectivity index is 1.37. The molecule has 1 aromatic carbocycles. The summed E-state index contributed by atoms with van der Waals surface area (Å²) in [6.45, 7) is 1.03. The van der Waals surface area contributed by atoms with E-state index in [1.54, 1.807) is 11.9 Å². The molecule has 2 aliphatic heterocycles. The number of carbonyl (C=O) groups excluding carboxylic acids is 1. The third-order valence-corrected chi connectivity index (χ3v) is 6.89. The maximum Gasteiger partial charge on any atom is 0.256 e. The van der Waals surface area contributed by atoms with Crippen LogP contribution in [0.1, 0.15) is 70.9 Å². The fourth-order valence-corrected chi connectivity index (χ4v) is 4.94. The number of hydrogen-bond donors (Lipinski definition) is 0. The van der Waals surface area contributed by atoms with E-state index in [4.69, 9.17) is 9.72 Å². The molecule has 0 N–H and O–H groups in total. The smallest absolute Gasteiger partial charge is 0.256 e. The molecular weight excluding hydrogens is 426 g/mol. The van der Waals surface area contributed by atoms with Crippen molar-refractivity contribution < 1.29 is 18.3 Å². The van der Waals surface area contributed by atoms with Gasteiger partial charge in [-0.1, -0.05) is 0 Å². The van der Waals surface area contributed by atoms with Gasteiger partial charge in [-0.15, -0.1) is 0 Å². The molecule has 6 rings (SSSR count). The fraction of sp³-hybridized carbons (Fsp3) is 0.400. The van der Waals surface area contributed by atoms with Gasteiger partial charge in [-0.05, 0) is 49.4 Å². The Bertz CT molecular complexity index is 1250. The molecule has 3 aromatic rings. The highest BCUT2D eigenvalue weighted by Crippen LogP contribution is 2.41. The standard InChI is InChI=1S/C25H24F2N4O2/c1-30-12-15-8-21(29-24(23(15)25(30)32)19-5-2-17(26)10-20(19)27)14-6-7-33-22(9-14)16-11-28-31(13-16)18-3-4-18/h2,5,8,10-11,13-14,18,22H,3-4,6-7,9,12H2,1H3. The van der Waals surface area contributed by atoms with Gasteiger partial charge in [0.1, 0.15) is 11.6 Å². The van der Waals surface area contributed by atoms with Gasteiger partial charge in [-0.2, -0.15) is 5.10 Å². The van der Waals surface area contributed by atoms with E-state index in [0.29, 0.717) is 30.5 Å². The lowest BCUT2D eigenvalue weighted by molar-refractivity contribution is 0.00459. The molecule has 3 aliphatic rings. The van der Waals surface area contributed by atoms with Crippen molar-refractivity contribution in [2.45, 2.75) is 50.3 Å². The van der Waals surface area contributed by atoms with Crippen LogP contribution in [0.15, 0.2) is 36.7 Å². The molecule has 6 nitrogen and oxygen atoms in total. The average Bonchev–Trinajstić information content (AvgIpc) is 3.46. The molecule has 33 heavy (non-hydrogen) atoms. The minimum absolute atomic E-state index is 0.0818. The van der Waals surface area contributed by atoms with E-state index in [0.717, 1.165) is 35.7 Å². The Morgan fingerprint density at radius 1 is 1.15 bits per heavy atom. The quantitative estimate of drug-likeness (QED) is 0.574. The molecular formula is C25H24F2N4O2. The highest BCUT2D eigenvalue weighted by Gasteiger charge is 2.34. The highest BCUT2D eigenvalue weighted by molar-refractivity contribution is 6.03. The molecule has 2 atom stereocenters. The Morgan fingerprint density at radius 3 is 2.79 bits per heavy atom. The van der Waals surface area contributed by atoms with Gasteiger partial charge in [0.15, 0.2) is 0 Å². The van der Waals surface area contributed by atoms with E-state index >= 15 is 0 Å². The lowest BCUT2D eigenvalue weighted by Gasteiger charge is -2.29.